The minimum atomic E-state index is -0.894. The third-order valence-electron chi connectivity index (χ3n) is 5.14. The second kappa shape index (κ2) is 7.35. The molecule has 156 valence electrons. The minimum Gasteiger partial charge on any atom is -0.450 e. The van der Waals surface area contributed by atoms with E-state index in [-0.39, 0.29) is 22.3 Å². The van der Waals surface area contributed by atoms with Crippen LogP contribution < -0.4 is 10.3 Å². The quantitative estimate of drug-likeness (QED) is 0.464. The molecular formula is C22H15F2N3O3S. The van der Waals surface area contributed by atoms with Crippen molar-refractivity contribution in [1.29, 1.82) is 0 Å². The van der Waals surface area contributed by atoms with Crippen molar-refractivity contribution in [3.8, 4) is 0 Å². The van der Waals surface area contributed by atoms with Crippen LogP contribution in [-0.4, -0.2) is 16.1 Å². The van der Waals surface area contributed by atoms with Gasteiger partial charge in [-0.3, -0.25) is 14.5 Å². The lowest BCUT2D eigenvalue weighted by Gasteiger charge is -2.22. The van der Waals surface area contributed by atoms with Gasteiger partial charge in [0.1, 0.15) is 22.2 Å². The molecule has 5 rings (SSSR count). The predicted molar refractivity (Wildman–Crippen MR) is 111 cm³/mol. The van der Waals surface area contributed by atoms with Gasteiger partial charge in [0.05, 0.1) is 17.0 Å². The van der Waals surface area contributed by atoms with Crippen molar-refractivity contribution in [2.24, 2.45) is 0 Å². The second-order valence-corrected chi connectivity index (χ2v) is 8.21. The predicted octanol–water partition coefficient (Wildman–Crippen LogP) is 4.63. The molecule has 1 amide bonds. The van der Waals surface area contributed by atoms with Crippen molar-refractivity contribution in [2.45, 2.75) is 25.8 Å². The van der Waals surface area contributed by atoms with Crippen molar-refractivity contribution in [3.63, 3.8) is 0 Å². The standard InChI is InChI=1S/C22H15F2N3O3S/c1-2-3-16-25-26-22(31-16)27-18(11-4-6-12(23)7-5-11)17-19(28)14-10-13(24)8-9-15(14)30-20(17)21(27)29/h4-10,18H,2-3H2,1H3/t18-/m0/s1. The Kier molecular flexibility index (Phi) is 4.62. The average Bonchev–Trinajstić information content (AvgIpc) is 3.32. The van der Waals surface area contributed by atoms with Crippen molar-refractivity contribution in [1.82, 2.24) is 10.2 Å². The fraction of sp³-hybridized carbons (Fsp3) is 0.182. The summed E-state index contributed by atoms with van der Waals surface area (Å²) in [6.45, 7) is 2.01. The highest BCUT2D eigenvalue weighted by Gasteiger charge is 2.45. The number of anilines is 1. The molecule has 3 heterocycles. The Bertz CT molecular complexity index is 1380. The van der Waals surface area contributed by atoms with E-state index in [1.807, 2.05) is 6.92 Å². The van der Waals surface area contributed by atoms with E-state index in [0.717, 1.165) is 23.6 Å². The Balaban J connectivity index is 1.77. The summed E-state index contributed by atoms with van der Waals surface area (Å²) >= 11 is 1.25. The molecule has 9 heteroatoms. The zero-order chi connectivity index (χ0) is 21.7. The Morgan fingerprint density at radius 2 is 1.81 bits per heavy atom. The highest BCUT2D eigenvalue weighted by atomic mass is 32.1. The maximum Gasteiger partial charge on any atom is 0.297 e. The molecule has 6 nitrogen and oxygen atoms in total. The highest BCUT2D eigenvalue weighted by molar-refractivity contribution is 7.15. The van der Waals surface area contributed by atoms with Gasteiger partial charge in [-0.05, 0) is 42.3 Å². The lowest BCUT2D eigenvalue weighted by molar-refractivity contribution is 0.0970. The summed E-state index contributed by atoms with van der Waals surface area (Å²) in [6.07, 6.45) is 1.56. The Hall–Kier alpha value is -3.46. The molecule has 0 spiro atoms. The van der Waals surface area contributed by atoms with Crippen molar-refractivity contribution >= 4 is 33.3 Å². The van der Waals surface area contributed by atoms with Crippen LogP contribution in [0.3, 0.4) is 0 Å². The second-order valence-electron chi connectivity index (χ2n) is 7.17. The zero-order valence-electron chi connectivity index (χ0n) is 16.3. The number of carbonyl (C=O) groups is 1. The molecule has 0 N–H and O–H groups in total. The van der Waals surface area contributed by atoms with Crippen molar-refractivity contribution in [2.75, 3.05) is 4.90 Å². The van der Waals surface area contributed by atoms with Crippen LogP contribution in [0.1, 0.15) is 46.1 Å². The molecule has 0 unspecified atom stereocenters. The van der Waals surface area contributed by atoms with Crippen LogP contribution in [0.4, 0.5) is 13.9 Å². The van der Waals surface area contributed by atoms with Gasteiger partial charge in [-0.25, -0.2) is 8.78 Å². The minimum absolute atomic E-state index is 0.0319. The largest absolute Gasteiger partial charge is 0.450 e. The number of hydrogen-bond acceptors (Lipinski definition) is 6. The van der Waals surface area contributed by atoms with Gasteiger partial charge < -0.3 is 4.42 Å². The van der Waals surface area contributed by atoms with Gasteiger partial charge in [0.25, 0.3) is 5.91 Å². The summed E-state index contributed by atoms with van der Waals surface area (Å²) in [5, 5.41) is 9.38. The normalized spacial score (nSPS) is 15.6. The van der Waals surface area contributed by atoms with Gasteiger partial charge >= 0.3 is 0 Å². The average molecular weight is 439 g/mol. The molecule has 31 heavy (non-hydrogen) atoms. The molecule has 2 aromatic carbocycles. The molecule has 0 bridgehead atoms. The molecule has 1 aliphatic heterocycles. The number of halogens is 2. The van der Waals surface area contributed by atoms with Gasteiger partial charge in [-0.2, -0.15) is 0 Å². The van der Waals surface area contributed by atoms with Crippen molar-refractivity contribution < 1.29 is 18.0 Å². The molecule has 2 aromatic heterocycles. The van der Waals surface area contributed by atoms with E-state index in [4.69, 9.17) is 4.42 Å². The van der Waals surface area contributed by atoms with E-state index in [2.05, 4.69) is 10.2 Å². The molecule has 0 fully saturated rings. The Morgan fingerprint density at radius 1 is 1.06 bits per heavy atom. The van der Waals surface area contributed by atoms with Crippen LogP contribution in [0.5, 0.6) is 0 Å². The summed E-state index contributed by atoms with van der Waals surface area (Å²) in [7, 11) is 0. The Morgan fingerprint density at radius 3 is 2.55 bits per heavy atom. The molecule has 0 saturated carbocycles. The van der Waals surface area contributed by atoms with Gasteiger partial charge in [-0.1, -0.05) is 30.4 Å². The molecule has 1 atom stereocenters. The van der Waals surface area contributed by atoms with E-state index in [0.29, 0.717) is 17.1 Å². The van der Waals surface area contributed by atoms with Gasteiger partial charge in [0.15, 0.2) is 5.43 Å². The summed E-state index contributed by atoms with van der Waals surface area (Å²) < 4.78 is 33.1. The number of nitrogens with zero attached hydrogens (tertiary/aromatic N) is 3. The van der Waals surface area contributed by atoms with Crippen molar-refractivity contribution in [3.05, 3.63) is 86.2 Å². The first-order valence-corrected chi connectivity index (χ1v) is 10.5. The fourth-order valence-electron chi connectivity index (χ4n) is 3.76. The van der Waals surface area contributed by atoms with Crippen LogP contribution in [0, 0.1) is 11.6 Å². The fourth-order valence-corrected chi connectivity index (χ4v) is 4.73. The van der Waals surface area contributed by atoms with Crippen LogP contribution in [-0.2, 0) is 6.42 Å². The Labute approximate surface area is 178 Å². The number of aryl methyl sites for hydroxylation is 1. The van der Waals surface area contributed by atoms with E-state index in [1.165, 1.54) is 46.6 Å². The van der Waals surface area contributed by atoms with Crippen LogP contribution in [0.15, 0.2) is 51.7 Å². The summed E-state index contributed by atoms with van der Waals surface area (Å²) in [5.74, 6) is -1.72. The van der Waals surface area contributed by atoms with Gasteiger partial charge in [0.2, 0.25) is 10.9 Å². The molecule has 0 aliphatic carbocycles. The third kappa shape index (κ3) is 3.12. The highest BCUT2D eigenvalue weighted by Crippen LogP contribution is 2.42. The molecule has 4 aromatic rings. The SMILES string of the molecule is CCCc1nnc(N2C(=O)c3oc4ccc(F)cc4c(=O)c3[C@@H]2c2ccc(F)cc2)s1. The number of benzene rings is 2. The number of amides is 1. The van der Waals surface area contributed by atoms with Crippen LogP contribution >= 0.6 is 11.3 Å². The summed E-state index contributed by atoms with van der Waals surface area (Å²) in [4.78, 5) is 28.0. The van der Waals surface area contributed by atoms with E-state index < -0.39 is 29.0 Å². The number of carbonyl (C=O) groups excluding carboxylic acids is 1. The maximum absolute atomic E-state index is 13.8. The van der Waals surface area contributed by atoms with Crippen LogP contribution in [0.2, 0.25) is 0 Å². The molecule has 0 radical (unpaired) electrons. The van der Waals surface area contributed by atoms with E-state index >= 15 is 0 Å². The lowest BCUT2D eigenvalue weighted by atomic mass is 9.98. The first kappa shape index (κ1) is 19.5. The van der Waals surface area contributed by atoms with E-state index in [9.17, 15) is 18.4 Å². The molecule has 1 aliphatic rings. The third-order valence-corrected chi connectivity index (χ3v) is 6.13. The molecular weight excluding hydrogens is 424 g/mol. The number of fused-ring (bicyclic) bond motifs is 2. The smallest absolute Gasteiger partial charge is 0.297 e. The maximum atomic E-state index is 13.8. The number of hydrogen-bond donors (Lipinski definition) is 0. The lowest BCUT2D eigenvalue weighted by Crippen LogP contribution is -2.29. The first-order chi connectivity index (χ1) is 15.0. The summed E-state index contributed by atoms with van der Waals surface area (Å²) in [6, 6.07) is 8.17. The monoisotopic (exact) mass is 439 g/mol. The zero-order valence-corrected chi connectivity index (χ0v) is 17.1. The van der Waals surface area contributed by atoms with E-state index in [1.54, 1.807) is 0 Å². The van der Waals surface area contributed by atoms with Crippen LogP contribution in [0.25, 0.3) is 11.0 Å². The first-order valence-electron chi connectivity index (χ1n) is 9.65. The van der Waals surface area contributed by atoms with Gasteiger partial charge in [0, 0.05) is 6.42 Å². The number of aromatic nitrogens is 2. The van der Waals surface area contributed by atoms with Gasteiger partial charge in [-0.15, -0.1) is 10.2 Å². The number of rotatable bonds is 4. The topological polar surface area (TPSA) is 76.3 Å². The molecule has 0 saturated heterocycles. The summed E-state index contributed by atoms with van der Waals surface area (Å²) in [5.41, 5.74) is 0.173.